The average Bonchev–Trinajstić information content (AvgIpc) is 3.20. The van der Waals surface area contributed by atoms with Crippen LogP contribution in [0.1, 0.15) is 65.9 Å². The van der Waals surface area contributed by atoms with Gasteiger partial charge in [0.05, 0.1) is 22.9 Å². The Hall–Kier alpha value is -3.02. The Morgan fingerprint density at radius 2 is 1.70 bits per heavy atom. The zero-order chi connectivity index (χ0) is 23.9. The molecule has 0 unspecified atom stereocenters. The van der Waals surface area contributed by atoms with Crippen molar-refractivity contribution in [1.29, 1.82) is 0 Å². The van der Waals surface area contributed by atoms with Crippen molar-refractivity contribution >= 4 is 17.1 Å². The van der Waals surface area contributed by atoms with Crippen LogP contribution in [0.4, 0.5) is 4.79 Å². The van der Waals surface area contributed by atoms with Crippen molar-refractivity contribution in [1.82, 2.24) is 14.9 Å². The van der Waals surface area contributed by atoms with Crippen molar-refractivity contribution in [3.63, 3.8) is 0 Å². The van der Waals surface area contributed by atoms with E-state index in [0.717, 1.165) is 42.3 Å². The smallest absolute Gasteiger partial charge is 0.408 e. The van der Waals surface area contributed by atoms with Crippen LogP contribution in [0.25, 0.3) is 11.0 Å². The van der Waals surface area contributed by atoms with Gasteiger partial charge in [-0.3, -0.25) is 4.90 Å². The van der Waals surface area contributed by atoms with Gasteiger partial charge >= 0.3 is 6.09 Å². The lowest BCUT2D eigenvalue weighted by Crippen LogP contribution is -2.60. The summed E-state index contributed by atoms with van der Waals surface area (Å²) >= 11 is 0. The summed E-state index contributed by atoms with van der Waals surface area (Å²) in [7, 11) is 0. The molecule has 0 atom stereocenters. The molecule has 2 aromatic carbocycles. The van der Waals surface area contributed by atoms with Crippen molar-refractivity contribution in [2.24, 2.45) is 10.8 Å². The SMILES string of the molecule is CC1(C)CCC(N(Cc2ccc(Oc3ccc4[nH]cnc4c3)cc2)C(=O)O)(C(C)(C)C)CC1. The highest BCUT2D eigenvalue weighted by Crippen LogP contribution is 2.51. The van der Waals surface area contributed by atoms with E-state index < -0.39 is 6.09 Å². The normalized spacial score (nSPS) is 17.6. The Morgan fingerprint density at radius 3 is 2.30 bits per heavy atom. The highest BCUT2D eigenvalue weighted by atomic mass is 16.5. The Bertz CT molecular complexity index is 1120. The molecule has 4 rings (SSSR count). The zero-order valence-corrected chi connectivity index (χ0v) is 20.3. The molecule has 3 aromatic rings. The average molecular weight is 450 g/mol. The lowest BCUT2D eigenvalue weighted by atomic mass is 9.59. The monoisotopic (exact) mass is 449 g/mol. The number of nitrogens with one attached hydrogen (secondary N) is 1. The predicted octanol–water partition coefficient (Wildman–Crippen LogP) is 7.22. The number of H-pyrrole nitrogens is 1. The van der Waals surface area contributed by atoms with Gasteiger partial charge in [0.2, 0.25) is 0 Å². The van der Waals surface area contributed by atoms with Gasteiger partial charge in [0.15, 0.2) is 0 Å². The second kappa shape index (κ2) is 8.40. The molecule has 0 radical (unpaired) electrons. The summed E-state index contributed by atoms with van der Waals surface area (Å²) in [6, 6.07) is 13.5. The van der Waals surface area contributed by atoms with Crippen molar-refractivity contribution < 1.29 is 14.6 Å². The molecule has 6 heteroatoms. The van der Waals surface area contributed by atoms with Crippen molar-refractivity contribution in [2.45, 2.75) is 72.4 Å². The number of imidazole rings is 1. The molecule has 0 bridgehead atoms. The molecular weight excluding hydrogens is 414 g/mol. The van der Waals surface area contributed by atoms with Gasteiger partial charge in [0.25, 0.3) is 0 Å². The van der Waals surface area contributed by atoms with Crippen LogP contribution in [0.3, 0.4) is 0 Å². The first-order valence-corrected chi connectivity index (χ1v) is 11.7. The second-order valence-corrected chi connectivity index (χ2v) is 11.1. The fourth-order valence-electron chi connectivity index (χ4n) is 5.12. The predicted molar refractivity (Wildman–Crippen MR) is 131 cm³/mol. The van der Waals surface area contributed by atoms with E-state index in [1.54, 1.807) is 11.2 Å². The minimum absolute atomic E-state index is 0.157. The number of aromatic amines is 1. The first-order valence-electron chi connectivity index (χ1n) is 11.7. The summed E-state index contributed by atoms with van der Waals surface area (Å²) in [5, 5.41) is 10.3. The molecule has 1 amide bonds. The van der Waals surface area contributed by atoms with Gasteiger partial charge in [-0.15, -0.1) is 0 Å². The topological polar surface area (TPSA) is 78.5 Å². The number of carboxylic acid groups (broad SMARTS) is 1. The van der Waals surface area contributed by atoms with E-state index in [9.17, 15) is 9.90 Å². The third-order valence-corrected chi connectivity index (χ3v) is 7.47. The minimum atomic E-state index is -0.850. The van der Waals surface area contributed by atoms with Crippen molar-refractivity contribution in [3.05, 3.63) is 54.4 Å². The minimum Gasteiger partial charge on any atom is -0.465 e. The van der Waals surface area contributed by atoms with Crippen LogP contribution in [-0.4, -0.2) is 31.6 Å². The number of hydrogen-bond donors (Lipinski definition) is 2. The molecule has 1 aliphatic carbocycles. The number of nitrogens with zero attached hydrogens (tertiary/aromatic N) is 2. The maximum atomic E-state index is 12.5. The van der Waals surface area contributed by atoms with E-state index in [4.69, 9.17) is 4.74 Å². The standard InChI is InChI=1S/C27H35N3O3/c1-25(2,3)27(14-12-26(4,5)13-15-27)30(24(31)32)17-19-6-8-20(9-7-19)33-21-10-11-22-23(16-21)29-18-28-22/h6-11,16,18H,12-15,17H2,1-5H3,(H,28,29)(H,31,32). The van der Waals surface area contributed by atoms with E-state index >= 15 is 0 Å². The summed E-state index contributed by atoms with van der Waals surface area (Å²) in [6.45, 7) is 11.5. The molecule has 1 fully saturated rings. The van der Waals surface area contributed by atoms with E-state index in [2.05, 4.69) is 44.6 Å². The molecule has 2 N–H and O–H groups in total. The quantitative estimate of drug-likeness (QED) is 0.431. The molecule has 1 aliphatic rings. The van der Waals surface area contributed by atoms with E-state index in [1.807, 2.05) is 42.5 Å². The third kappa shape index (κ3) is 4.70. The number of ether oxygens (including phenoxy) is 1. The molecular formula is C27H35N3O3. The first kappa shape index (κ1) is 23.1. The number of fused-ring (bicyclic) bond motifs is 1. The number of amides is 1. The van der Waals surface area contributed by atoms with Crippen LogP contribution in [0, 0.1) is 10.8 Å². The Kier molecular flexibility index (Phi) is 5.89. The molecule has 1 saturated carbocycles. The van der Waals surface area contributed by atoms with Crippen LogP contribution in [0.5, 0.6) is 11.5 Å². The maximum absolute atomic E-state index is 12.5. The van der Waals surface area contributed by atoms with Gasteiger partial charge in [-0.25, -0.2) is 9.78 Å². The van der Waals surface area contributed by atoms with Crippen LogP contribution >= 0.6 is 0 Å². The molecule has 1 heterocycles. The Labute approximate surface area is 196 Å². The Balaban J connectivity index is 1.53. The number of benzene rings is 2. The van der Waals surface area contributed by atoms with Gasteiger partial charge in [0.1, 0.15) is 11.5 Å². The van der Waals surface area contributed by atoms with Gasteiger partial charge < -0.3 is 14.8 Å². The summed E-state index contributed by atoms with van der Waals surface area (Å²) in [4.78, 5) is 21.5. The maximum Gasteiger partial charge on any atom is 0.408 e. The first-order chi connectivity index (χ1) is 15.5. The Morgan fingerprint density at radius 1 is 1.06 bits per heavy atom. The number of rotatable bonds is 5. The van der Waals surface area contributed by atoms with Crippen molar-refractivity contribution in [3.8, 4) is 11.5 Å². The molecule has 0 spiro atoms. The lowest BCUT2D eigenvalue weighted by molar-refractivity contribution is -0.0500. The molecule has 33 heavy (non-hydrogen) atoms. The molecule has 6 nitrogen and oxygen atoms in total. The van der Waals surface area contributed by atoms with Crippen LogP contribution in [-0.2, 0) is 6.54 Å². The van der Waals surface area contributed by atoms with Gasteiger partial charge in [-0.05, 0) is 66.3 Å². The number of hydrogen-bond acceptors (Lipinski definition) is 3. The van der Waals surface area contributed by atoms with Crippen LogP contribution < -0.4 is 4.74 Å². The zero-order valence-electron chi connectivity index (χ0n) is 20.3. The molecule has 0 aliphatic heterocycles. The highest BCUT2D eigenvalue weighted by molar-refractivity contribution is 5.76. The fourth-order valence-corrected chi connectivity index (χ4v) is 5.12. The second-order valence-electron chi connectivity index (χ2n) is 11.1. The summed E-state index contributed by atoms with van der Waals surface area (Å²) in [5.41, 5.74) is 2.49. The number of carbonyl (C=O) groups is 1. The van der Waals surface area contributed by atoms with Crippen LogP contribution in [0.15, 0.2) is 48.8 Å². The molecule has 1 aromatic heterocycles. The molecule has 0 saturated heterocycles. The van der Waals surface area contributed by atoms with Gasteiger partial charge in [-0.2, -0.15) is 0 Å². The van der Waals surface area contributed by atoms with Crippen molar-refractivity contribution in [2.75, 3.05) is 0 Å². The lowest BCUT2D eigenvalue weighted by Gasteiger charge is -2.56. The third-order valence-electron chi connectivity index (χ3n) is 7.47. The van der Waals surface area contributed by atoms with Gasteiger partial charge in [-0.1, -0.05) is 46.8 Å². The summed E-state index contributed by atoms with van der Waals surface area (Å²) in [6.07, 6.45) is 4.63. The summed E-state index contributed by atoms with van der Waals surface area (Å²) < 4.78 is 5.99. The number of aromatic nitrogens is 2. The highest BCUT2D eigenvalue weighted by Gasteiger charge is 2.51. The largest absolute Gasteiger partial charge is 0.465 e. The van der Waals surface area contributed by atoms with Crippen LogP contribution in [0.2, 0.25) is 0 Å². The van der Waals surface area contributed by atoms with E-state index in [1.165, 1.54) is 0 Å². The summed E-state index contributed by atoms with van der Waals surface area (Å²) in [5.74, 6) is 1.42. The van der Waals surface area contributed by atoms with Gasteiger partial charge in [0, 0.05) is 12.6 Å². The fraction of sp³-hybridized carbons (Fsp3) is 0.481. The van der Waals surface area contributed by atoms with E-state index in [-0.39, 0.29) is 16.4 Å². The molecule has 176 valence electrons. The van der Waals surface area contributed by atoms with E-state index in [0.29, 0.717) is 18.0 Å².